The molecule has 1 fully saturated rings. The Balaban J connectivity index is 1.50. The van der Waals surface area contributed by atoms with E-state index in [-0.39, 0.29) is 23.9 Å². The second kappa shape index (κ2) is 11.8. The van der Waals surface area contributed by atoms with Crippen molar-refractivity contribution in [2.75, 3.05) is 0 Å². The summed E-state index contributed by atoms with van der Waals surface area (Å²) in [4.78, 5) is 29.4. The van der Waals surface area contributed by atoms with Crippen LogP contribution in [0, 0.1) is 6.92 Å². The first-order valence-corrected chi connectivity index (χ1v) is 12.2. The molecule has 0 spiro atoms. The van der Waals surface area contributed by atoms with E-state index in [9.17, 15) is 9.59 Å². The molecule has 2 aromatic rings. The first kappa shape index (κ1) is 23.3. The average Bonchev–Trinajstić information content (AvgIpc) is 3.24. The van der Waals surface area contributed by atoms with E-state index < -0.39 is 0 Å². The Hall–Kier alpha value is -2.41. The number of thiazole rings is 1. The Morgan fingerprint density at radius 1 is 1.10 bits per heavy atom. The fraction of sp³-hybridized carbons (Fsp3) is 0.542. The zero-order valence-electron chi connectivity index (χ0n) is 18.5. The molecular weight excluding hydrogens is 410 g/mol. The summed E-state index contributed by atoms with van der Waals surface area (Å²) in [6, 6.07) is 7.80. The number of carbonyl (C=O) groups is 2. The van der Waals surface area contributed by atoms with E-state index in [1.165, 1.54) is 16.9 Å². The molecule has 0 aliphatic heterocycles. The van der Waals surface area contributed by atoms with E-state index >= 15 is 0 Å². The summed E-state index contributed by atoms with van der Waals surface area (Å²) in [5, 5.41) is 8.77. The van der Waals surface area contributed by atoms with Crippen molar-refractivity contribution < 1.29 is 14.3 Å². The topological polar surface area (TPSA) is 80.3 Å². The van der Waals surface area contributed by atoms with Crippen LogP contribution in [0.3, 0.4) is 0 Å². The van der Waals surface area contributed by atoms with Crippen LogP contribution in [0.25, 0.3) is 0 Å². The van der Waals surface area contributed by atoms with Crippen LogP contribution in [-0.2, 0) is 11.4 Å². The monoisotopic (exact) mass is 443 g/mol. The van der Waals surface area contributed by atoms with Crippen molar-refractivity contribution in [3.05, 3.63) is 45.9 Å². The van der Waals surface area contributed by atoms with Crippen molar-refractivity contribution in [1.29, 1.82) is 0 Å². The lowest BCUT2D eigenvalue weighted by atomic mass is 9.90. The van der Waals surface area contributed by atoms with Crippen molar-refractivity contribution >= 4 is 23.2 Å². The second-order valence-corrected chi connectivity index (χ2v) is 9.17. The Bertz CT molecular complexity index is 850. The highest BCUT2D eigenvalue weighted by Crippen LogP contribution is 2.20. The van der Waals surface area contributed by atoms with Crippen LogP contribution in [0.15, 0.2) is 29.6 Å². The van der Waals surface area contributed by atoms with Gasteiger partial charge in [0.1, 0.15) is 23.1 Å². The number of unbranched alkanes of at least 4 members (excludes halogenated alkanes) is 2. The number of nitrogens with zero attached hydrogens (tertiary/aromatic N) is 1. The van der Waals surface area contributed by atoms with Gasteiger partial charge in [-0.15, -0.1) is 11.3 Å². The third-order valence-corrected chi connectivity index (χ3v) is 6.43. The number of carbonyl (C=O) groups excluding carboxylic acids is 2. The minimum absolute atomic E-state index is 0.00481. The van der Waals surface area contributed by atoms with Crippen LogP contribution in [0.5, 0.6) is 5.75 Å². The fourth-order valence-electron chi connectivity index (χ4n) is 3.79. The largest absolute Gasteiger partial charge is 0.486 e. The highest BCUT2D eigenvalue weighted by atomic mass is 32.1. The Kier molecular flexibility index (Phi) is 8.88. The number of rotatable bonds is 10. The Morgan fingerprint density at radius 3 is 2.52 bits per heavy atom. The Morgan fingerprint density at radius 2 is 1.81 bits per heavy atom. The molecule has 1 aromatic carbocycles. The molecule has 3 rings (SSSR count). The van der Waals surface area contributed by atoms with E-state index in [0.717, 1.165) is 55.7 Å². The molecule has 2 amide bonds. The summed E-state index contributed by atoms with van der Waals surface area (Å²) in [5.41, 5.74) is 1.59. The van der Waals surface area contributed by atoms with Gasteiger partial charge in [0.2, 0.25) is 5.91 Å². The molecule has 0 radical (unpaired) electrons. The molecule has 2 atom stereocenters. The van der Waals surface area contributed by atoms with Gasteiger partial charge in [-0.3, -0.25) is 9.59 Å². The molecule has 1 heterocycles. The Labute approximate surface area is 188 Å². The molecular formula is C24H33N3O3S. The van der Waals surface area contributed by atoms with Gasteiger partial charge >= 0.3 is 0 Å². The maximum absolute atomic E-state index is 12.8. The van der Waals surface area contributed by atoms with Gasteiger partial charge in [0, 0.05) is 23.9 Å². The molecule has 1 aliphatic carbocycles. The summed E-state index contributed by atoms with van der Waals surface area (Å²) in [6.07, 6.45) is 7.54. The van der Waals surface area contributed by atoms with E-state index in [2.05, 4.69) is 22.5 Å². The first-order chi connectivity index (χ1) is 15.0. The number of amides is 2. The predicted octanol–water partition coefficient (Wildman–Crippen LogP) is 4.77. The molecule has 7 heteroatoms. The summed E-state index contributed by atoms with van der Waals surface area (Å²) < 4.78 is 5.76. The van der Waals surface area contributed by atoms with E-state index in [0.29, 0.717) is 18.7 Å². The standard InChI is InChI=1S/C24H33N3O3S/c1-3-4-5-10-22(28)25-19-8-6-7-9-20(19)27-24(29)21-16-31-23(26-21)15-30-18-13-11-17(2)12-14-18/h11-14,16,19-20H,3-10,15H2,1-2H3,(H,25,28)(H,27,29)/t19-,20-/m0/s1. The minimum Gasteiger partial charge on any atom is -0.486 e. The first-order valence-electron chi connectivity index (χ1n) is 11.3. The maximum Gasteiger partial charge on any atom is 0.271 e. The molecule has 1 aromatic heterocycles. The summed E-state index contributed by atoms with van der Waals surface area (Å²) in [5.74, 6) is 0.685. The van der Waals surface area contributed by atoms with E-state index in [1.807, 2.05) is 31.2 Å². The molecule has 0 saturated heterocycles. The van der Waals surface area contributed by atoms with Crippen LogP contribution >= 0.6 is 11.3 Å². The molecule has 31 heavy (non-hydrogen) atoms. The molecule has 168 valence electrons. The quantitative estimate of drug-likeness (QED) is 0.519. The van der Waals surface area contributed by atoms with E-state index in [4.69, 9.17) is 4.74 Å². The zero-order valence-corrected chi connectivity index (χ0v) is 19.3. The van der Waals surface area contributed by atoms with Gasteiger partial charge in [-0.25, -0.2) is 4.98 Å². The predicted molar refractivity (Wildman–Crippen MR) is 123 cm³/mol. The van der Waals surface area contributed by atoms with Gasteiger partial charge in [-0.05, 0) is 38.3 Å². The lowest BCUT2D eigenvalue weighted by molar-refractivity contribution is -0.122. The lowest BCUT2D eigenvalue weighted by Crippen LogP contribution is -2.53. The van der Waals surface area contributed by atoms with Crippen LogP contribution in [0.2, 0.25) is 0 Å². The van der Waals surface area contributed by atoms with E-state index in [1.54, 1.807) is 5.38 Å². The van der Waals surface area contributed by atoms with Crippen molar-refractivity contribution in [3.63, 3.8) is 0 Å². The molecule has 2 N–H and O–H groups in total. The SMILES string of the molecule is CCCCCC(=O)N[C@H]1CCCC[C@@H]1NC(=O)c1csc(COc2ccc(C)cc2)n1. The van der Waals surface area contributed by atoms with Gasteiger partial charge in [-0.1, -0.05) is 50.3 Å². The summed E-state index contributed by atoms with van der Waals surface area (Å²) in [7, 11) is 0. The molecule has 1 saturated carbocycles. The number of ether oxygens (including phenoxy) is 1. The molecule has 1 aliphatic rings. The van der Waals surface area contributed by atoms with Crippen LogP contribution in [-0.4, -0.2) is 28.9 Å². The third kappa shape index (κ3) is 7.35. The summed E-state index contributed by atoms with van der Waals surface area (Å²) in [6.45, 7) is 4.49. The van der Waals surface area contributed by atoms with Gasteiger partial charge < -0.3 is 15.4 Å². The number of hydrogen-bond acceptors (Lipinski definition) is 5. The van der Waals surface area contributed by atoms with Gasteiger partial charge in [0.25, 0.3) is 5.91 Å². The molecule has 0 unspecified atom stereocenters. The highest BCUT2D eigenvalue weighted by molar-refractivity contribution is 7.09. The second-order valence-electron chi connectivity index (χ2n) is 8.22. The number of nitrogens with one attached hydrogen (secondary N) is 2. The third-order valence-electron chi connectivity index (χ3n) is 5.60. The van der Waals surface area contributed by atoms with Gasteiger partial charge in [0.15, 0.2) is 0 Å². The molecule has 0 bridgehead atoms. The van der Waals surface area contributed by atoms with Crippen LogP contribution in [0.1, 0.15) is 79.3 Å². The zero-order chi connectivity index (χ0) is 22.1. The lowest BCUT2D eigenvalue weighted by Gasteiger charge is -2.32. The highest BCUT2D eigenvalue weighted by Gasteiger charge is 2.28. The normalized spacial score (nSPS) is 18.4. The fourth-order valence-corrected chi connectivity index (χ4v) is 4.48. The van der Waals surface area contributed by atoms with Crippen LogP contribution < -0.4 is 15.4 Å². The van der Waals surface area contributed by atoms with Gasteiger partial charge in [0.05, 0.1) is 0 Å². The van der Waals surface area contributed by atoms with Crippen molar-refractivity contribution in [2.24, 2.45) is 0 Å². The smallest absolute Gasteiger partial charge is 0.271 e. The number of aryl methyl sites for hydroxylation is 1. The maximum atomic E-state index is 12.8. The number of benzene rings is 1. The number of aromatic nitrogens is 1. The van der Waals surface area contributed by atoms with Crippen LogP contribution in [0.4, 0.5) is 0 Å². The average molecular weight is 444 g/mol. The molecule has 6 nitrogen and oxygen atoms in total. The van der Waals surface area contributed by atoms with Gasteiger partial charge in [-0.2, -0.15) is 0 Å². The van der Waals surface area contributed by atoms with Crippen molar-refractivity contribution in [3.8, 4) is 5.75 Å². The van der Waals surface area contributed by atoms with Crippen molar-refractivity contribution in [2.45, 2.75) is 83.9 Å². The minimum atomic E-state index is -0.185. The number of hydrogen-bond donors (Lipinski definition) is 2. The summed E-state index contributed by atoms with van der Waals surface area (Å²) >= 11 is 1.42. The van der Waals surface area contributed by atoms with Crippen molar-refractivity contribution in [1.82, 2.24) is 15.6 Å².